The number of carbonyl (C=O) groups is 3. The zero-order valence-corrected chi connectivity index (χ0v) is 16.9. The van der Waals surface area contributed by atoms with E-state index < -0.39 is 11.4 Å². The summed E-state index contributed by atoms with van der Waals surface area (Å²) in [7, 11) is 2.89. The Balaban J connectivity index is 1.40. The van der Waals surface area contributed by atoms with Crippen LogP contribution in [0.5, 0.6) is 5.75 Å². The Bertz CT molecular complexity index is 1350. The third-order valence-electron chi connectivity index (χ3n) is 6.79. The highest BCUT2D eigenvalue weighted by atomic mass is 16.5. The summed E-state index contributed by atoms with van der Waals surface area (Å²) in [5, 5.41) is 0.881. The Morgan fingerprint density at radius 2 is 2.00 bits per heavy atom. The van der Waals surface area contributed by atoms with Crippen LogP contribution >= 0.6 is 0 Å². The van der Waals surface area contributed by atoms with Gasteiger partial charge in [0.15, 0.2) is 0 Å². The first-order chi connectivity index (χ1) is 15.0. The van der Waals surface area contributed by atoms with Crippen molar-refractivity contribution in [3.8, 4) is 5.75 Å². The van der Waals surface area contributed by atoms with E-state index in [1.807, 2.05) is 18.2 Å². The van der Waals surface area contributed by atoms with Gasteiger partial charge in [0, 0.05) is 29.1 Å². The average Bonchev–Trinajstić information content (AvgIpc) is 3.14. The van der Waals surface area contributed by atoms with E-state index in [2.05, 4.69) is 9.97 Å². The minimum Gasteiger partial charge on any atom is -0.495 e. The normalized spacial score (nSPS) is 23.2. The minimum absolute atomic E-state index is 0.184. The maximum absolute atomic E-state index is 13.4. The molecule has 1 saturated carbocycles. The first-order valence-corrected chi connectivity index (χ1v) is 10.0. The van der Waals surface area contributed by atoms with E-state index in [0.29, 0.717) is 29.4 Å². The number of para-hydroxylation sites is 1. The zero-order valence-electron chi connectivity index (χ0n) is 16.9. The molecule has 2 aliphatic carbocycles. The molecule has 0 unspecified atom stereocenters. The number of aromatic nitrogens is 2. The van der Waals surface area contributed by atoms with Crippen LogP contribution in [0.4, 0.5) is 0 Å². The highest BCUT2D eigenvalue weighted by molar-refractivity contribution is 6.10. The molecule has 3 aliphatic rings. The lowest BCUT2D eigenvalue weighted by atomic mass is 9.85. The fourth-order valence-electron chi connectivity index (χ4n) is 5.27. The Labute approximate surface area is 176 Å². The summed E-state index contributed by atoms with van der Waals surface area (Å²) in [6.45, 7) is 0.530. The number of nitrogens with zero attached hydrogens (tertiary/aromatic N) is 1. The van der Waals surface area contributed by atoms with Crippen molar-refractivity contribution < 1.29 is 23.9 Å². The molecule has 8 heteroatoms. The highest BCUT2D eigenvalue weighted by Crippen LogP contribution is 2.66. The largest absolute Gasteiger partial charge is 0.495 e. The lowest BCUT2D eigenvalue weighted by Gasteiger charge is -2.27. The molecule has 6 rings (SSSR count). The van der Waals surface area contributed by atoms with Gasteiger partial charge >= 0.3 is 5.97 Å². The third kappa shape index (κ3) is 2.21. The summed E-state index contributed by atoms with van der Waals surface area (Å²) in [5.41, 5.74) is 2.97. The smallest absolute Gasteiger partial charge is 0.354 e. The molecular formula is C23H19N3O5. The van der Waals surface area contributed by atoms with Gasteiger partial charge in [-0.25, -0.2) is 4.79 Å². The van der Waals surface area contributed by atoms with Gasteiger partial charge in [-0.1, -0.05) is 12.1 Å². The molecular weight excluding hydrogens is 398 g/mol. The van der Waals surface area contributed by atoms with Crippen molar-refractivity contribution in [1.82, 2.24) is 14.9 Å². The number of aromatic amines is 2. The van der Waals surface area contributed by atoms with E-state index in [0.717, 1.165) is 22.9 Å². The number of amides is 1. The van der Waals surface area contributed by atoms with Crippen LogP contribution in [-0.4, -0.2) is 53.3 Å². The van der Waals surface area contributed by atoms with Gasteiger partial charge in [-0.05, 0) is 36.1 Å². The van der Waals surface area contributed by atoms with Crippen LogP contribution in [0, 0.1) is 5.92 Å². The number of methoxy groups -OCH3 is 2. The maximum atomic E-state index is 13.4. The molecule has 2 atom stereocenters. The number of esters is 1. The number of allylic oxidation sites excluding steroid dienone is 2. The van der Waals surface area contributed by atoms with E-state index in [1.165, 1.54) is 13.2 Å². The molecule has 2 aromatic heterocycles. The van der Waals surface area contributed by atoms with Gasteiger partial charge in [-0.2, -0.15) is 0 Å². The maximum Gasteiger partial charge on any atom is 0.354 e. The Morgan fingerprint density at radius 1 is 1.16 bits per heavy atom. The fraction of sp³-hybridized carbons (Fsp3) is 0.261. The molecule has 1 saturated heterocycles. The number of rotatable bonds is 3. The highest BCUT2D eigenvalue weighted by Gasteiger charge is 2.67. The molecule has 1 aromatic carbocycles. The van der Waals surface area contributed by atoms with Crippen molar-refractivity contribution in [2.45, 2.75) is 11.8 Å². The molecule has 3 aromatic rings. The molecule has 1 spiro atoms. The number of fused-ring (bicyclic) bond motifs is 2. The number of hydrogen-bond acceptors (Lipinski definition) is 5. The van der Waals surface area contributed by atoms with E-state index >= 15 is 0 Å². The lowest BCUT2D eigenvalue weighted by molar-refractivity contribution is 0.0594. The Kier molecular flexibility index (Phi) is 3.41. The van der Waals surface area contributed by atoms with Gasteiger partial charge < -0.3 is 24.3 Å². The Morgan fingerprint density at radius 3 is 2.77 bits per heavy atom. The lowest BCUT2D eigenvalue weighted by Crippen LogP contribution is -2.33. The second-order valence-corrected chi connectivity index (χ2v) is 8.25. The van der Waals surface area contributed by atoms with Gasteiger partial charge in [0.25, 0.3) is 5.91 Å². The van der Waals surface area contributed by atoms with Crippen LogP contribution in [0.3, 0.4) is 0 Å². The standard InChI is InChI=1S/C23H19N3O5/c1-30-17-5-3-4-11-6-14(24-19(11)17)21(28)26-10-12-9-23(12)13-7-15(22(29)31-2)25-20(13)16(27)8-18(23)26/h3-8,12,24-25H,9-10H2,1-2H3/t12-,23-/m1/s1. The zero-order chi connectivity index (χ0) is 21.5. The molecule has 3 heterocycles. The summed E-state index contributed by atoms with van der Waals surface area (Å²) in [6.07, 6.45) is 2.38. The number of piperidine rings is 1. The van der Waals surface area contributed by atoms with Crippen molar-refractivity contribution in [2.75, 3.05) is 20.8 Å². The molecule has 2 fully saturated rings. The van der Waals surface area contributed by atoms with E-state index in [4.69, 9.17) is 9.47 Å². The molecule has 156 valence electrons. The fourth-order valence-corrected chi connectivity index (χ4v) is 5.27. The number of H-pyrrole nitrogens is 2. The van der Waals surface area contributed by atoms with E-state index in [9.17, 15) is 14.4 Å². The number of likely N-dealkylation sites (tertiary alicyclic amines) is 1. The second kappa shape index (κ2) is 5.87. The molecule has 8 nitrogen and oxygen atoms in total. The minimum atomic E-state index is -0.518. The van der Waals surface area contributed by atoms with Crippen molar-refractivity contribution in [3.05, 3.63) is 64.8 Å². The molecule has 2 N–H and O–H groups in total. The first-order valence-electron chi connectivity index (χ1n) is 10.0. The van der Waals surface area contributed by atoms with Crippen LogP contribution < -0.4 is 4.74 Å². The molecule has 0 radical (unpaired) electrons. The van der Waals surface area contributed by atoms with Gasteiger partial charge in [0.05, 0.1) is 25.4 Å². The quantitative estimate of drug-likeness (QED) is 0.638. The van der Waals surface area contributed by atoms with Gasteiger partial charge in [-0.3, -0.25) is 9.59 Å². The summed E-state index contributed by atoms with van der Waals surface area (Å²) in [4.78, 5) is 46.0. The summed E-state index contributed by atoms with van der Waals surface area (Å²) in [6, 6.07) is 9.13. The van der Waals surface area contributed by atoms with Crippen molar-refractivity contribution in [1.29, 1.82) is 0 Å². The number of ketones is 1. The number of benzene rings is 1. The first kappa shape index (κ1) is 18.0. The van der Waals surface area contributed by atoms with Crippen LogP contribution in [0.2, 0.25) is 0 Å². The number of carbonyl (C=O) groups excluding carboxylic acids is 3. The van der Waals surface area contributed by atoms with Crippen molar-refractivity contribution in [2.24, 2.45) is 5.92 Å². The van der Waals surface area contributed by atoms with Gasteiger partial charge in [0.1, 0.15) is 17.1 Å². The topological polar surface area (TPSA) is 104 Å². The molecule has 0 bridgehead atoms. The van der Waals surface area contributed by atoms with Crippen LogP contribution in [-0.2, 0) is 10.2 Å². The summed E-state index contributed by atoms with van der Waals surface area (Å²) >= 11 is 0. The number of hydrogen-bond donors (Lipinski definition) is 2. The predicted molar refractivity (Wildman–Crippen MR) is 110 cm³/mol. The monoisotopic (exact) mass is 417 g/mol. The van der Waals surface area contributed by atoms with Crippen LogP contribution in [0.25, 0.3) is 10.9 Å². The molecule has 1 aliphatic heterocycles. The van der Waals surface area contributed by atoms with Crippen molar-refractivity contribution in [3.63, 3.8) is 0 Å². The summed E-state index contributed by atoms with van der Waals surface area (Å²) < 4.78 is 10.2. The average molecular weight is 417 g/mol. The molecule has 1 amide bonds. The van der Waals surface area contributed by atoms with E-state index in [-0.39, 0.29) is 23.3 Å². The third-order valence-corrected chi connectivity index (χ3v) is 6.79. The Hall–Kier alpha value is -3.81. The van der Waals surface area contributed by atoms with E-state index in [1.54, 1.807) is 24.1 Å². The van der Waals surface area contributed by atoms with Gasteiger partial charge in [0.2, 0.25) is 5.78 Å². The second-order valence-electron chi connectivity index (χ2n) is 8.25. The molecule has 31 heavy (non-hydrogen) atoms. The van der Waals surface area contributed by atoms with Gasteiger partial charge in [-0.15, -0.1) is 0 Å². The van der Waals surface area contributed by atoms with Crippen LogP contribution in [0.15, 0.2) is 42.1 Å². The SMILES string of the molecule is COC(=O)c1cc2c([nH]1)C(=O)C=C1N(C(=O)c3cc4cccc(OC)c4[nH]3)C[C@H]3C[C@]123. The number of nitrogens with one attached hydrogen (secondary N) is 2. The van der Waals surface area contributed by atoms with Crippen LogP contribution in [0.1, 0.15) is 43.4 Å². The summed E-state index contributed by atoms with van der Waals surface area (Å²) in [5.74, 6) is -0.0628. The number of ether oxygens (including phenoxy) is 2. The predicted octanol–water partition coefficient (Wildman–Crippen LogP) is 2.79. The van der Waals surface area contributed by atoms with Crippen molar-refractivity contribution >= 4 is 28.6 Å².